The van der Waals surface area contributed by atoms with Crippen LogP contribution in [0.15, 0.2) is 12.4 Å². The van der Waals surface area contributed by atoms with Crippen LogP contribution >= 0.6 is 11.8 Å². The number of hydrogen-bond donors (Lipinski definition) is 1. The van der Waals surface area contributed by atoms with Crippen LogP contribution in [0.4, 0.5) is 5.82 Å². The Kier molecular flexibility index (Phi) is 4.87. The molecule has 0 bridgehead atoms. The van der Waals surface area contributed by atoms with E-state index in [1.807, 2.05) is 11.8 Å². The second-order valence-electron chi connectivity index (χ2n) is 5.09. The number of anilines is 1. The summed E-state index contributed by atoms with van der Waals surface area (Å²) in [7, 11) is 0. The average molecular weight is 265 g/mol. The third kappa shape index (κ3) is 3.37. The normalized spacial score (nSPS) is 17.9. The standard InChI is InChI=1S/C14H23N3S/c1-3-6-12-9-13(17-11-16-12)15-10-14(18-2)7-4-5-8-14/h9,11H,3-8,10H2,1-2H3,(H,15,16,17). The fourth-order valence-corrected chi connectivity index (χ4v) is 3.52. The van der Waals surface area contributed by atoms with Gasteiger partial charge in [0.05, 0.1) is 0 Å². The number of thioether (sulfide) groups is 1. The van der Waals surface area contributed by atoms with E-state index in [1.54, 1.807) is 6.33 Å². The fourth-order valence-electron chi connectivity index (χ4n) is 2.61. The van der Waals surface area contributed by atoms with Crippen LogP contribution in [0.25, 0.3) is 0 Å². The molecule has 0 spiro atoms. The molecule has 2 rings (SSSR count). The summed E-state index contributed by atoms with van der Waals surface area (Å²) < 4.78 is 0.426. The van der Waals surface area contributed by atoms with Crippen molar-refractivity contribution in [1.29, 1.82) is 0 Å². The summed E-state index contributed by atoms with van der Waals surface area (Å²) in [5.74, 6) is 0.980. The molecule has 0 atom stereocenters. The fraction of sp³-hybridized carbons (Fsp3) is 0.714. The lowest BCUT2D eigenvalue weighted by molar-refractivity contribution is 0.638. The largest absolute Gasteiger partial charge is 0.369 e. The number of rotatable bonds is 6. The van der Waals surface area contributed by atoms with Gasteiger partial charge in [0.2, 0.25) is 0 Å². The van der Waals surface area contributed by atoms with Crippen molar-refractivity contribution in [3.8, 4) is 0 Å². The lowest BCUT2D eigenvalue weighted by Gasteiger charge is -2.27. The number of nitrogens with zero attached hydrogens (tertiary/aromatic N) is 2. The molecule has 0 amide bonds. The van der Waals surface area contributed by atoms with Crippen molar-refractivity contribution < 1.29 is 0 Å². The highest BCUT2D eigenvalue weighted by Gasteiger charge is 2.32. The summed E-state index contributed by atoms with van der Waals surface area (Å²) in [6, 6.07) is 2.09. The minimum Gasteiger partial charge on any atom is -0.369 e. The van der Waals surface area contributed by atoms with E-state index < -0.39 is 0 Å². The van der Waals surface area contributed by atoms with E-state index in [1.165, 1.54) is 25.7 Å². The van der Waals surface area contributed by atoms with Gasteiger partial charge in [-0.25, -0.2) is 9.97 Å². The van der Waals surface area contributed by atoms with E-state index >= 15 is 0 Å². The van der Waals surface area contributed by atoms with Crippen LogP contribution < -0.4 is 5.32 Å². The SMILES string of the molecule is CCCc1cc(NCC2(SC)CCCC2)ncn1. The highest BCUT2D eigenvalue weighted by atomic mass is 32.2. The van der Waals surface area contributed by atoms with Crippen LogP contribution in [0.3, 0.4) is 0 Å². The molecule has 1 aromatic rings. The summed E-state index contributed by atoms with van der Waals surface area (Å²) in [6.07, 6.45) is 11.5. The Balaban J connectivity index is 1.94. The van der Waals surface area contributed by atoms with Gasteiger partial charge >= 0.3 is 0 Å². The molecule has 1 heterocycles. The Morgan fingerprint density at radius 1 is 1.33 bits per heavy atom. The van der Waals surface area contributed by atoms with E-state index in [4.69, 9.17) is 0 Å². The van der Waals surface area contributed by atoms with Crippen LogP contribution in [-0.2, 0) is 6.42 Å². The van der Waals surface area contributed by atoms with Crippen LogP contribution in [0.1, 0.15) is 44.7 Å². The van der Waals surface area contributed by atoms with Gasteiger partial charge in [-0.2, -0.15) is 11.8 Å². The van der Waals surface area contributed by atoms with Gasteiger partial charge in [0.25, 0.3) is 0 Å². The van der Waals surface area contributed by atoms with Crippen LogP contribution in [0.5, 0.6) is 0 Å². The zero-order valence-corrected chi connectivity index (χ0v) is 12.2. The van der Waals surface area contributed by atoms with Crippen molar-refractivity contribution in [3.05, 3.63) is 18.1 Å². The third-order valence-corrected chi connectivity index (χ3v) is 5.19. The Hall–Kier alpha value is -0.770. The van der Waals surface area contributed by atoms with E-state index in [-0.39, 0.29) is 0 Å². The molecule has 1 saturated carbocycles. The monoisotopic (exact) mass is 265 g/mol. The molecule has 0 aromatic carbocycles. The molecule has 0 aliphatic heterocycles. The second kappa shape index (κ2) is 6.41. The van der Waals surface area contributed by atoms with Gasteiger partial charge in [-0.05, 0) is 25.5 Å². The van der Waals surface area contributed by atoms with E-state index in [0.717, 1.165) is 30.9 Å². The third-order valence-electron chi connectivity index (χ3n) is 3.77. The zero-order valence-electron chi connectivity index (χ0n) is 11.4. The van der Waals surface area contributed by atoms with E-state index in [2.05, 4.69) is 34.5 Å². The predicted molar refractivity (Wildman–Crippen MR) is 79.2 cm³/mol. The molecule has 1 aliphatic rings. The predicted octanol–water partition coefficient (Wildman–Crippen LogP) is 3.52. The molecule has 0 saturated heterocycles. The quantitative estimate of drug-likeness (QED) is 0.854. The number of aryl methyl sites for hydroxylation is 1. The minimum atomic E-state index is 0.426. The first kappa shape index (κ1) is 13.7. The molecule has 1 fully saturated rings. The highest BCUT2D eigenvalue weighted by Crippen LogP contribution is 2.40. The number of hydrogen-bond acceptors (Lipinski definition) is 4. The summed E-state index contributed by atoms with van der Waals surface area (Å²) in [4.78, 5) is 8.61. The lowest BCUT2D eigenvalue weighted by atomic mass is 10.1. The zero-order chi connectivity index (χ0) is 12.8. The van der Waals surface area contributed by atoms with Gasteiger partial charge in [0.15, 0.2) is 0 Å². The first-order valence-corrected chi connectivity index (χ1v) is 8.10. The Bertz CT molecular complexity index is 375. The maximum atomic E-state index is 4.32. The molecular formula is C14H23N3S. The first-order chi connectivity index (χ1) is 8.78. The van der Waals surface area contributed by atoms with Crippen LogP contribution in [0, 0.1) is 0 Å². The molecule has 100 valence electrons. The molecule has 3 nitrogen and oxygen atoms in total. The molecule has 1 aliphatic carbocycles. The lowest BCUT2D eigenvalue weighted by Crippen LogP contribution is -2.30. The molecule has 0 radical (unpaired) electrons. The second-order valence-corrected chi connectivity index (χ2v) is 6.37. The maximum absolute atomic E-state index is 4.32. The molecule has 1 aromatic heterocycles. The molecule has 4 heteroatoms. The highest BCUT2D eigenvalue weighted by molar-refractivity contribution is 8.00. The Labute approximate surface area is 114 Å². The summed E-state index contributed by atoms with van der Waals surface area (Å²) in [5, 5.41) is 3.51. The molecule has 1 N–H and O–H groups in total. The van der Waals surface area contributed by atoms with Gasteiger partial charge in [0, 0.05) is 23.1 Å². The van der Waals surface area contributed by atoms with Crippen molar-refractivity contribution in [2.24, 2.45) is 0 Å². The van der Waals surface area contributed by atoms with Crippen LogP contribution in [0.2, 0.25) is 0 Å². The van der Waals surface area contributed by atoms with E-state index in [9.17, 15) is 0 Å². The Morgan fingerprint density at radius 2 is 2.11 bits per heavy atom. The first-order valence-electron chi connectivity index (χ1n) is 6.88. The summed E-state index contributed by atoms with van der Waals surface area (Å²) in [6.45, 7) is 3.20. The smallest absolute Gasteiger partial charge is 0.129 e. The summed E-state index contributed by atoms with van der Waals surface area (Å²) >= 11 is 2.01. The van der Waals surface area contributed by atoms with Gasteiger partial charge in [-0.15, -0.1) is 0 Å². The number of nitrogens with one attached hydrogen (secondary N) is 1. The molecule has 18 heavy (non-hydrogen) atoms. The van der Waals surface area contributed by atoms with Crippen molar-refractivity contribution in [3.63, 3.8) is 0 Å². The van der Waals surface area contributed by atoms with Crippen molar-refractivity contribution in [2.45, 2.75) is 50.2 Å². The van der Waals surface area contributed by atoms with Crippen molar-refractivity contribution in [2.75, 3.05) is 18.1 Å². The maximum Gasteiger partial charge on any atom is 0.129 e. The van der Waals surface area contributed by atoms with E-state index in [0.29, 0.717) is 4.75 Å². The Morgan fingerprint density at radius 3 is 2.78 bits per heavy atom. The van der Waals surface area contributed by atoms with Gasteiger partial charge in [0.1, 0.15) is 12.1 Å². The summed E-state index contributed by atoms with van der Waals surface area (Å²) in [5.41, 5.74) is 1.14. The van der Waals surface area contributed by atoms with Crippen molar-refractivity contribution in [1.82, 2.24) is 9.97 Å². The van der Waals surface area contributed by atoms with Gasteiger partial charge < -0.3 is 5.32 Å². The number of aromatic nitrogens is 2. The average Bonchev–Trinajstić information content (AvgIpc) is 2.87. The van der Waals surface area contributed by atoms with Gasteiger partial charge in [-0.1, -0.05) is 26.2 Å². The van der Waals surface area contributed by atoms with Gasteiger partial charge in [-0.3, -0.25) is 0 Å². The topological polar surface area (TPSA) is 37.8 Å². The molecule has 0 unspecified atom stereocenters. The van der Waals surface area contributed by atoms with Crippen molar-refractivity contribution >= 4 is 17.6 Å². The molecular weight excluding hydrogens is 242 g/mol. The minimum absolute atomic E-state index is 0.426. The van der Waals surface area contributed by atoms with Crippen LogP contribution in [-0.4, -0.2) is 27.5 Å².